The van der Waals surface area contributed by atoms with Gasteiger partial charge in [-0.2, -0.15) is 0 Å². The third-order valence-corrected chi connectivity index (χ3v) is 7.38. The Kier molecular flexibility index (Phi) is 6.36. The van der Waals surface area contributed by atoms with E-state index in [0.717, 1.165) is 12.1 Å². The van der Waals surface area contributed by atoms with Crippen LogP contribution in [0.15, 0.2) is 103 Å². The third kappa shape index (κ3) is 4.53. The van der Waals surface area contributed by atoms with Gasteiger partial charge >= 0.3 is 0 Å². The van der Waals surface area contributed by atoms with Gasteiger partial charge in [-0.25, -0.2) is 9.97 Å². The van der Waals surface area contributed by atoms with Crippen LogP contribution >= 0.6 is 0 Å². The predicted molar refractivity (Wildman–Crippen MR) is 165 cm³/mol. The SMILES string of the molecule is O=C1c2ccccc2-c2nc(-c3ccccc3O)nc3c(Oc4ccccc4)cc(Nc4c([N+](=O)[O-])cccc4[N+](=O)[O-])c1c23. The average Bonchev–Trinajstić information content (AvgIpc) is 3.04. The van der Waals surface area contributed by atoms with E-state index in [4.69, 9.17) is 14.7 Å². The number of anilines is 2. The van der Waals surface area contributed by atoms with Gasteiger partial charge in [-0.05, 0) is 30.3 Å². The number of ketones is 1. The van der Waals surface area contributed by atoms with Crippen molar-refractivity contribution in [2.75, 3.05) is 5.32 Å². The first-order valence-electron chi connectivity index (χ1n) is 13.5. The maximum Gasteiger partial charge on any atom is 0.299 e. The second-order valence-corrected chi connectivity index (χ2v) is 10.0. The standard InChI is InChI=1S/C33H19N5O7/c39-25-16-7-6-13-21(25)33-35-29-19-11-4-5-12-20(19)32(40)27-22(34-30-23(37(41)42)14-8-15-24(30)38(43)44)17-26(31(36-33)28(27)29)45-18-9-2-1-3-10-18/h1-17,34,39H. The van der Waals surface area contributed by atoms with Crippen LogP contribution in [0, 0.1) is 20.2 Å². The lowest BCUT2D eigenvalue weighted by Gasteiger charge is -2.24. The molecule has 5 aromatic carbocycles. The molecule has 0 saturated heterocycles. The number of aromatic nitrogens is 2. The van der Waals surface area contributed by atoms with E-state index in [1.165, 1.54) is 18.2 Å². The molecule has 1 aliphatic rings. The molecule has 0 amide bonds. The highest BCUT2D eigenvalue weighted by Crippen LogP contribution is 2.48. The molecule has 12 nitrogen and oxygen atoms in total. The molecule has 0 unspecified atom stereocenters. The van der Waals surface area contributed by atoms with E-state index in [0.29, 0.717) is 28.1 Å². The van der Waals surface area contributed by atoms with Crippen LogP contribution in [-0.4, -0.2) is 30.7 Å². The van der Waals surface area contributed by atoms with Gasteiger partial charge in [-0.15, -0.1) is 0 Å². The lowest BCUT2D eigenvalue weighted by atomic mass is 9.85. The molecule has 0 fully saturated rings. The molecule has 45 heavy (non-hydrogen) atoms. The maximum absolute atomic E-state index is 14.2. The van der Waals surface area contributed by atoms with Gasteiger partial charge in [0, 0.05) is 34.7 Å². The Labute approximate surface area is 253 Å². The highest BCUT2D eigenvalue weighted by atomic mass is 16.6. The van der Waals surface area contributed by atoms with Crippen molar-refractivity contribution in [3.63, 3.8) is 0 Å². The summed E-state index contributed by atoms with van der Waals surface area (Å²) >= 11 is 0. The van der Waals surface area contributed by atoms with E-state index in [2.05, 4.69) is 5.32 Å². The van der Waals surface area contributed by atoms with Crippen molar-refractivity contribution in [2.45, 2.75) is 0 Å². The summed E-state index contributed by atoms with van der Waals surface area (Å²) in [6.07, 6.45) is 0. The van der Waals surface area contributed by atoms with E-state index in [1.54, 1.807) is 72.8 Å². The molecule has 12 heteroatoms. The van der Waals surface area contributed by atoms with Crippen molar-refractivity contribution in [3.8, 4) is 39.9 Å². The zero-order valence-corrected chi connectivity index (χ0v) is 23.0. The van der Waals surface area contributed by atoms with E-state index in [-0.39, 0.29) is 39.5 Å². The van der Waals surface area contributed by atoms with Crippen LogP contribution in [-0.2, 0) is 0 Å². The Balaban J connectivity index is 1.59. The first kappa shape index (κ1) is 27.2. The topological polar surface area (TPSA) is 171 Å². The smallest absolute Gasteiger partial charge is 0.299 e. The van der Waals surface area contributed by atoms with Gasteiger partial charge in [0.25, 0.3) is 11.4 Å². The van der Waals surface area contributed by atoms with Gasteiger partial charge in [0.2, 0.25) is 0 Å². The summed E-state index contributed by atoms with van der Waals surface area (Å²) in [5, 5.41) is 37.7. The third-order valence-electron chi connectivity index (χ3n) is 7.38. The lowest BCUT2D eigenvalue weighted by Crippen LogP contribution is -2.15. The molecule has 2 N–H and O–H groups in total. The van der Waals surface area contributed by atoms with Crippen LogP contribution in [0.2, 0.25) is 0 Å². The monoisotopic (exact) mass is 597 g/mol. The number of ether oxygens (including phenoxy) is 1. The zero-order valence-electron chi connectivity index (χ0n) is 23.0. The number of fused-ring (bicyclic) bond motifs is 2. The van der Waals surface area contributed by atoms with E-state index in [1.807, 2.05) is 0 Å². The summed E-state index contributed by atoms with van der Waals surface area (Å²) in [7, 11) is 0. The summed E-state index contributed by atoms with van der Waals surface area (Å²) in [4.78, 5) is 46.2. The molecule has 0 bridgehead atoms. The molecular formula is C33H19N5O7. The molecular weight excluding hydrogens is 578 g/mol. The van der Waals surface area contributed by atoms with E-state index in [9.17, 15) is 30.1 Å². The van der Waals surface area contributed by atoms with Crippen LogP contribution in [0.3, 0.4) is 0 Å². The Hall–Kier alpha value is -6.69. The van der Waals surface area contributed by atoms with Gasteiger partial charge in [0.05, 0.1) is 32.4 Å². The Bertz CT molecular complexity index is 2190. The highest BCUT2D eigenvalue weighted by Gasteiger charge is 2.34. The molecule has 218 valence electrons. The molecule has 1 aromatic heterocycles. The molecule has 0 saturated carbocycles. The fourth-order valence-corrected chi connectivity index (χ4v) is 5.41. The fraction of sp³-hybridized carbons (Fsp3) is 0. The molecule has 1 heterocycles. The van der Waals surface area contributed by atoms with Crippen LogP contribution < -0.4 is 10.1 Å². The number of nitrogens with zero attached hydrogens (tertiary/aromatic N) is 4. The largest absolute Gasteiger partial charge is 0.507 e. The first-order chi connectivity index (χ1) is 21.8. The first-order valence-corrected chi connectivity index (χ1v) is 13.5. The average molecular weight is 598 g/mol. The van der Waals surface area contributed by atoms with Crippen molar-refractivity contribution in [1.82, 2.24) is 9.97 Å². The number of nitro benzene ring substituents is 2. The van der Waals surface area contributed by atoms with Crippen molar-refractivity contribution in [3.05, 3.63) is 134 Å². The molecule has 0 spiro atoms. The van der Waals surface area contributed by atoms with Crippen molar-refractivity contribution < 1.29 is 24.5 Å². The Morgan fingerprint density at radius 2 is 1.36 bits per heavy atom. The molecule has 0 atom stereocenters. The van der Waals surface area contributed by atoms with Crippen molar-refractivity contribution >= 4 is 39.4 Å². The number of hydrogen-bond donors (Lipinski definition) is 2. The summed E-state index contributed by atoms with van der Waals surface area (Å²) < 4.78 is 6.28. The summed E-state index contributed by atoms with van der Waals surface area (Å²) in [5.74, 6) is 0.214. The molecule has 6 aromatic rings. The molecule has 1 aliphatic carbocycles. The zero-order chi connectivity index (χ0) is 31.2. The second kappa shape index (κ2) is 10.5. The number of carbonyl (C=O) groups excluding carboxylic acids is 1. The number of para-hydroxylation sites is 3. The molecule has 7 rings (SSSR count). The van der Waals surface area contributed by atoms with Gasteiger partial charge < -0.3 is 15.2 Å². The summed E-state index contributed by atoms with van der Waals surface area (Å²) in [5.41, 5.74) is 0.256. The number of phenols is 1. The van der Waals surface area contributed by atoms with E-state index >= 15 is 0 Å². The van der Waals surface area contributed by atoms with Gasteiger partial charge in [0.1, 0.15) is 17.0 Å². The van der Waals surface area contributed by atoms with E-state index < -0.39 is 32.7 Å². The summed E-state index contributed by atoms with van der Waals surface area (Å²) in [6, 6.07) is 27.0. The minimum absolute atomic E-state index is 0.0190. The lowest BCUT2D eigenvalue weighted by molar-refractivity contribution is -0.392. The number of benzene rings is 5. The number of hydrogen-bond acceptors (Lipinski definition) is 10. The predicted octanol–water partition coefficient (Wildman–Crippen LogP) is 7.57. The fourth-order valence-electron chi connectivity index (χ4n) is 5.41. The number of nitro groups is 2. The second-order valence-electron chi connectivity index (χ2n) is 10.0. The number of rotatable bonds is 7. The van der Waals surface area contributed by atoms with Gasteiger partial charge in [-0.3, -0.25) is 25.0 Å². The minimum Gasteiger partial charge on any atom is -0.507 e. The van der Waals surface area contributed by atoms with Crippen LogP contribution in [0.5, 0.6) is 17.2 Å². The van der Waals surface area contributed by atoms with Crippen molar-refractivity contribution in [2.24, 2.45) is 0 Å². The normalized spacial score (nSPS) is 11.6. The quantitative estimate of drug-likeness (QED) is 0.138. The van der Waals surface area contributed by atoms with Gasteiger partial charge in [-0.1, -0.05) is 54.6 Å². The summed E-state index contributed by atoms with van der Waals surface area (Å²) in [6.45, 7) is 0. The number of carbonyl (C=O) groups is 1. The Morgan fingerprint density at radius 3 is 2.02 bits per heavy atom. The van der Waals surface area contributed by atoms with Crippen LogP contribution in [0.1, 0.15) is 15.9 Å². The minimum atomic E-state index is -0.742. The maximum atomic E-state index is 14.2. The van der Waals surface area contributed by atoms with Crippen molar-refractivity contribution in [1.29, 1.82) is 0 Å². The number of nitrogens with one attached hydrogen (secondary N) is 1. The number of phenolic OH excluding ortho intramolecular Hbond substituents is 1. The Morgan fingerprint density at radius 1 is 0.733 bits per heavy atom. The van der Waals surface area contributed by atoms with Gasteiger partial charge in [0.15, 0.2) is 23.0 Å². The number of aromatic hydroxyl groups is 1. The highest BCUT2D eigenvalue weighted by molar-refractivity contribution is 6.28. The van der Waals surface area contributed by atoms with Crippen LogP contribution in [0.4, 0.5) is 22.7 Å². The molecule has 0 aliphatic heterocycles. The molecule has 0 radical (unpaired) electrons. The van der Waals surface area contributed by atoms with Crippen LogP contribution in [0.25, 0.3) is 33.5 Å².